The first kappa shape index (κ1) is 41.9. The predicted molar refractivity (Wildman–Crippen MR) is 209 cm³/mol. The van der Waals surface area contributed by atoms with Crippen molar-refractivity contribution in [1.29, 1.82) is 0 Å². The Bertz CT molecular complexity index is 2580. The molecule has 5 atom stereocenters. The van der Waals surface area contributed by atoms with Crippen molar-refractivity contribution in [3.63, 3.8) is 0 Å². The third-order valence-corrected chi connectivity index (χ3v) is 14.0. The van der Waals surface area contributed by atoms with Crippen LogP contribution in [0.5, 0.6) is 11.6 Å². The van der Waals surface area contributed by atoms with Gasteiger partial charge in [-0.3, -0.25) is 23.9 Å². The zero-order chi connectivity index (χ0) is 43.5. The average Bonchev–Trinajstić information content (AvgIpc) is 3.99. The summed E-state index contributed by atoms with van der Waals surface area (Å²) in [6.07, 6.45) is 0.892. The van der Waals surface area contributed by atoms with Crippen molar-refractivity contribution < 1.29 is 59.2 Å². The van der Waals surface area contributed by atoms with Gasteiger partial charge in [0.05, 0.1) is 16.8 Å². The number of benzene rings is 2. The molecule has 20 heteroatoms. The Morgan fingerprint density at radius 2 is 1.80 bits per heavy atom. The van der Waals surface area contributed by atoms with Crippen molar-refractivity contribution in [2.75, 3.05) is 6.54 Å². The van der Waals surface area contributed by atoms with Crippen LogP contribution in [0.4, 0.5) is 17.6 Å². The fourth-order valence-electron chi connectivity index (χ4n) is 8.02. The van der Waals surface area contributed by atoms with Crippen LogP contribution in [0.15, 0.2) is 59.1 Å². The SMILES string of the molecule is Cc1cc(C(=O)N[C@H]2CCCCC/C=C\[C@@H]3C[C@@]3(C(=O)NS(=O)(=O)C3(C)CC3)NC(=O)[C@@H]3C[C@@H](Oc4nc5cc(OC(F)(F)F)ccc5c5cc(F)ccc45)CN3C2=O)no1. The molecular formula is C41H42F4N6O9S. The van der Waals surface area contributed by atoms with E-state index in [-0.39, 0.29) is 53.7 Å². The number of alkyl halides is 3. The van der Waals surface area contributed by atoms with Crippen LogP contribution >= 0.6 is 0 Å². The highest BCUT2D eigenvalue weighted by Crippen LogP contribution is 2.48. The number of aromatic nitrogens is 2. The first-order chi connectivity index (χ1) is 28.8. The normalized spacial score (nSPS) is 26.0. The molecule has 2 aliphatic carbocycles. The number of nitrogens with zero attached hydrogens (tertiary/aromatic N) is 3. The van der Waals surface area contributed by atoms with Gasteiger partial charge in [-0.25, -0.2) is 17.8 Å². The lowest BCUT2D eigenvalue weighted by Crippen LogP contribution is -2.58. The monoisotopic (exact) mass is 870 g/mol. The second-order valence-electron chi connectivity index (χ2n) is 16.4. The van der Waals surface area contributed by atoms with E-state index in [0.717, 1.165) is 18.2 Å². The number of pyridine rings is 1. The molecular weight excluding hydrogens is 829 g/mol. The van der Waals surface area contributed by atoms with E-state index in [1.54, 1.807) is 13.0 Å². The van der Waals surface area contributed by atoms with Crippen molar-refractivity contribution in [3.05, 3.63) is 71.9 Å². The minimum absolute atomic E-state index is 0.0295. The molecule has 324 valence electrons. The number of hydrogen-bond donors (Lipinski definition) is 3. The fraction of sp³-hybridized carbons (Fsp3) is 0.463. The van der Waals surface area contributed by atoms with E-state index < -0.39 is 86.0 Å². The van der Waals surface area contributed by atoms with Gasteiger partial charge in [0.25, 0.3) is 11.8 Å². The summed E-state index contributed by atoms with van der Waals surface area (Å²) in [5, 5.41) is 10.1. The third kappa shape index (κ3) is 8.58. The van der Waals surface area contributed by atoms with Crippen LogP contribution in [0.1, 0.15) is 81.0 Å². The molecule has 2 aliphatic heterocycles. The number of ether oxygens (including phenoxy) is 2. The van der Waals surface area contributed by atoms with E-state index in [4.69, 9.17) is 9.26 Å². The van der Waals surface area contributed by atoms with Gasteiger partial charge < -0.3 is 29.5 Å². The number of sulfonamides is 1. The van der Waals surface area contributed by atoms with Crippen molar-refractivity contribution in [2.24, 2.45) is 5.92 Å². The Morgan fingerprint density at radius 1 is 1.03 bits per heavy atom. The molecule has 0 unspecified atom stereocenters. The lowest BCUT2D eigenvalue weighted by molar-refractivity contribution is -0.274. The lowest BCUT2D eigenvalue weighted by Gasteiger charge is -2.30. The molecule has 0 bridgehead atoms. The summed E-state index contributed by atoms with van der Waals surface area (Å²) in [6.45, 7) is 2.86. The van der Waals surface area contributed by atoms with E-state index in [1.165, 1.54) is 36.1 Å². The predicted octanol–water partition coefficient (Wildman–Crippen LogP) is 5.26. The van der Waals surface area contributed by atoms with Crippen molar-refractivity contribution in [3.8, 4) is 11.6 Å². The molecule has 61 heavy (non-hydrogen) atoms. The second-order valence-corrected chi connectivity index (χ2v) is 18.6. The smallest absolute Gasteiger partial charge is 0.472 e. The first-order valence-electron chi connectivity index (χ1n) is 19.9. The maximum absolute atomic E-state index is 14.7. The van der Waals surface area contributed by atoms with Crippen LogP contribution in [-0.2, 0) is 24.4 Å². The zero-order valence-corrected chi connectivity index (χ0v) is 33.8. The van der Waals surface area contributed by atoms with Gasteiger partial charge in [-0.2, -0.15) is 0 Å². The Balaban J connectivity index is 1.14. The number of carbonyl (C=O) groups is 4. The number of hydrogen-bond acceptors (Lipinski definition) is 11. The van der Waals surface area contributed by atoms with Gasteiger partial charge in [-0.05, 0) is 88.1 Å². The van der Waals surface area contributed by atoms with Gasteiger partial charge in [0, 0.05) is 35.2 Å². The third-order valence-electron chi connectivity index (χ3n) is 11.8. The number of allylic oxidation sites excluding steroid dienone is 1. The standard InChI is InChI=1S/C41H42F4N6O9S/c1-22-16-32(49-60-22)34(52)46-30-9-7-5-3-4-6-8-23-20-40(23,38(55)50-61(56,57)39(2)14-15-39)48-35(53)33-19-26(21-51(33)37(30)54)58-36-28-12-10-24(42)17-29(28)27-13-11-25(18-31(27)47-36)59-41(43,44)45/h6,8,10-13,16-18,23,26,30,33H,3-5,7,9,14-15,19-21H2,1-2H3,(H,46,52)(H,48,53)(H,50,55)/b8-6-/t23-,26-,30+,33+,40-/m1/s1. The van der Waals surface area contributed by atoms with Crippen molar-refractivity contribution >= 4 is 55.3 Å². The molecule has 3 N–H and O–H groups in total. The van der Waals surface area contributed by atoms with E-state index in [9.17, 15) is 45.2 Å². The quantitative estimate of drug-likeness (QED) is 0.119. The molecule has 2 saturated carbocycles. The molecule has 8 rings (SSSR count). The summed E-state index contributed by atoms with van der Waals surface area (Å²) in [7, 11) is -4.09. The van der Waals surface area contributed by atoms with Crippen LogP contribution in [0.2, 0.25) is 0 Å². The Hall–Kier alpha value is -5.79. The highest BCUT2D eigenvalue weighted by atomic mass is 32.2. The van der Waals surface area contributed by atoms with Gasteiger partial charge in [0.15, 0.2) is 5.69 Å². The number of rotatable bonds is 8. The zero-order valence-electron chi connectivity index (χ0n) is 33.0. The molecule has 0 radical (unpaired) electrons. The van der Waals surface area contributed by atoms with Crippen LogP contribution in [0.25, 0.3) is 21.7 Å². The summed E-state index contributed by atoms with van der Waals surface area (Å²) in [6, 6.07) is 6.01. The molecule has 2 aromatic heterocycles. The topological polar surface area (TPSA) is 199 Å². The fourth-order valence-corrected chi connectivity index (χ4v) is 9.34. The second kappa shape index (κ2) is 15.6. The molecule has 4 aliphatic rings. The van der Waals surface area contributed by atoms with E-state index in [1.807, 2.05) is 6.08 Å². The molecule has 4 amide bonds. The molecule has 0 spiro atoms. The van der Waals surface area contributed by atoms with Crippen LogP contribution in [0, 0.1) is 18.7 Å². The maximum atomic E-state index is 14.7. The number of halogens is 4. The molecule has 2 aromatic carbocycles. The summed E-state index contributed by atoms with van der Waals surface area (Å²) >= 11 is 0. The summed E-state index contributed by atoms with van der Waals surface area (Å²) < 4.78 is 97.1. The summed E-state index contributed by atoms with van der Waals surface area (Å²) in [5.74, 6) is -4.61. The van der Waals surface area contributed by atoms with Crippen molar-refractivity contribution in [2.45, 2.75) is 106 Å². The number of carbonyl (C=O) groups excluding carboxylic acids is 4. The van der Waals surface area contributed by atoms with Gasteiger partial charge in [0.1, 0.15) is 41.1 Å². The number of fused-ring (bicyclic) bond motifs is 5. The van der Waals surface area contributed by atoms with E-state index >= 15 is 0 Å². The minimum Gasteiger partial charge on any atom is -0.472 e. The minimum atomic E-state index is -5.01. The Kier molecular flexibility index (Phi) is 10.7. The molecule has 4 aromatic rings. The number of nitrogens with one attached hydrogen (secondary N) is 3. The molecule has 15 nitrogen and oxygen atoms in total. The van der Waals surface area contributed by atoms with Gasteiger partial charge in [-0.1, -0.05) is 30.2 Å². The largest absolute Gasteiger partial charge is 0.573 e. The van der Waals surface area contributed by atoms with Gasteiger partial charge >= 0.3 is 6.36 Å². The summed E-state index contributed by atoms with van der Waals surface area (Å²) in [5.41, 5.74) is -1.76. The Morgan fingerprint density at radius 3 is 2.52 bits per heavy atom. The lowest BCUT2D eigenvalue weighted by atomic mass is 10.0. The maximum Gasteiger partial charge on any atom is 0.573 e. The average molecular weight is 871 g/mol. The van der Waals surface area contributed by atoms with Gasteiger partial charge in [-0.15, -0.1) is 13.2 Å². The molecule has 4 heterocycles. The summed E-state index contributed by atoms with van der Waals surface area (Å²) in [4.78, 5) is 62.2. The van der Waals surface area contributed by atoms with Crippen LogP contribution in [-0.4, -0.2) is 88.5 Å². The van der Waals surface area contributed by atoms with E-state index in [0.29, 0.717) is 49.7 Å². The number of aryl methyl sites for hydroxylation is 1. The first-order valence-corrected chi connectivity index (χ1v) is 21.4. The molecule has 1 saturated heterocycles. The van der Waals surface area contributed by atoms with Gasteiger partial charge in [0.2, 0.25) is 27.7 Å². The number of amides is 4. The Labute approximate surface area is 346 Å². The van der Waals surface area contributed by atoms with Crippen LogP contribution < -0.4 is 24.8 Å². The van der Waals surface area contributed by atoms with Crippen molar-refractivity contribution in [1.82, 2.24) is 30.4 Å². The highest BCUT2D eigenvalue weighted by molar-refractivity contribution is 7.91. The van der Waals surface area contributed by atoms with E-state index in [2.05, 4.69) is 30.2 Å². The van der Waals surface area contributed by atoms with Crippen LogP contribution in [0.3, 0.4) is 0 Å². The molecule has 3 fully saturated rings. The highest BCUT2D eigenvalue weighted by Gasteiger charge is 2.63.